The first-order valence-corrected chi connectivity index (χ1v) is 10.3. The Morgan fingerprint density at radius 3 is 2.45 bits per heavy atom. The molecule has 20 heavy (non-hydrogen) atoms. The summed E-state index contributed by atoms with van der Waals surface area (Å²) in [4.78, 5) is 3.15. The molecule has 114 valence electrons. The number of unbranched alkanes of at least 4 members (excludes halogenated alkanes) is 1. The molecule has 1 heterocycles. The molecule has 1 aliphatic rings. The number of rotatable bonds is 7. The summed E-state index contributed by atoms with van der Waals surface area (Å²) in [5.74, 6) is 1.01. The molecule has 1 saturated carbocycles. The van der Waals surface area contributed by atoms with Crippen molar-refractivity contribution in [2.24, 2.45) is 11.3 Å². The summed E-state index contributed by atoms with van der Waals surface area (Å²) in [5.41, 5.74) is 0.540. The fourth-order valence-corrected chi connectivity index (χ4v) is 5.40. The first kappa shape index (κ1) is 16.5. The van der Waals surface area contributed by atoms with Crippen molar-refractivity contribution in [1.29, 1.82) is 0 Å². The molecule has 0 nitrogen and oxygen atoms in total. The van der Waals surface area contributed by atoms with E-state index >= 15 is 0 Å². The number of hydrogen-bond donors (Lipinski definition) is 0. The second-order valence-electron chi connectivity index (χ2n) is 6.62. The van der Waals surface area contributed by atoms with Crippen LogP contribution < -0.4 is 0 Å². The van der Waals surface area contributed by atoms with Crippen LogP contribution in [0, 0.1) is 11.3 Å². The lowest BCUT2D eigenvalue weighted by Crippen LogP contribution is -2.31. The lowest BCUT2D eigenvalue weighted by atomic mass is 9.69. The van der Waals surface area contributed by atoms with E-state index in [-0.39, 0.29) is 0 Å². The molecule has 1 aromatic heterocycles. The average Bonchev–Trinajstić information content (AvgIpc) is 2.94. The highest BCUT2D eigenvalue weighted by Crippen LogP contribution is 2.44. The second-order valence-corrected chi connectivity index (χ2v) is 8.43. The van der Waals surface area contributed by atoms with E-state index < -0.39 is 0 Å². The molecule has 1 aromatic rings. The molecular formula is C18H29BrS. The van der Waals surface area contributed by atoms with Crippen LogP contribution >= 0.6 is 27.3 Å². The molecule has 2 heteroatoms. The van der Waals surface area contributed by atoms with Crippen LogP contribution in [0.15, 0.2) is 12.1 Å². The number of aryl methyl sites for hydroxylation is 1. The summed E-state index contributed by atoms with van der Waals surface area (Å²) in [6.07, 6.45) is 12.5. The summed E-state index contributed by atoms with van der Waals surface area (Å²) in [5, 5.41) is 1.18. The van der Waals surface area contributed by atoms with E-state index in [1.807, 2.05) is 11.3 Å². The van der Waals surface area contributed by atoms with E-state index in [9.17, 15) is 0 Å². The predicted molar refractivity (Wildman–Crippen MR) is 95.1 cm³/mol. The Morgan fingerprint density at radius 2 is 1.90 bits per heavy atom. The van der Waals surface area contributed by atoms with E-state index in [1.54, 1.807) is 9.75 Å². The van der Waals surface area contributed by atoms with Gasteiger partial charge in [-0.2, -0.15) is 0 Å². The molecule has 0 unspecified atom stereocenters. The van der Waals surface area contributed by atoms with Gasteiger partial charge in [-0.25, -0.2) is 0 Å². The molecule has 0 radical (unpaired) electrons. The average molecular weight is 357 g/mol. The zero-order chi connectivity index (χ0) is 14.4. The quantitative estimate of drug-likeness (QED) is 0.481. The van der Waals surface area contributed by atoms with Crippen LogP contribution in [-0.4, -0.2) is 5.33 Å². The van der Waals surface area contributed by atoms with E-state index in [2.05, 4.69) is 41.9 Å². The van der Waals surface area contributed by atoms with Crippen molar-refractivity contribution in [3.8, 4) is 0 Å². The Hall–Kier alpha value is 0.180. The number of alkyl halides is 1. The largest absolute Gasteiger partial charge is 0.145 e. The highest BCUT2D eigenvalue weighted by atomic mass is 79.9. The number of thiophene rings is 1. The van der Waals surface area contributed by atoms with Gasteiger partial charge >= 0.3 is 0 Å². The van der Waals surface area contributed by atoms with Crippen molar-refractivity contribution >= 4 is 27.3 Å². The van der Waals surface area contributed by atoms with Gasteiger partial charge < -0.3 is 0 Å². The molecular weight excluding hydrogens is 328 g/mol. The van der Waals surface area contributed by atoms with Crippen molar-refractivity contribution in [3.63, 3.8) is 0 Å². The van der Waals surface area contributed by atoms with Gasteiger partial charge in [0.05, 0.1) is 0 Å². The SMILES string of the molecule is CCCCC1CCC(CBr)(Cc2ccc(CC)s2)CC1. The lowest BCUT2D eigenvalue weighted by molar-refractivity contribution is 0.169. The van der Waals surface area contributed by atoms with Crippen molar-refractivity contribution in [1.82, 2.24) is 0 Å². The van der Waals surface area contributed by atoms with Crippen LogP contribution in [-0.2, 0) is 12.8 Å². The fourth-order valence-electron chi connectivity index (χ4n) is 3.51. The normalized spacial score (nSPS) is 26.9. The maximum Gasteiger partial charge on any atom is 0.00914 e. The molecule has 0 N–H and O–H groups in total. The number of halogens is 1. The maximum atomic E-state index is 3.83. The molecule has 0 saturated heterocycles. The van der Waals surface area contributed by atoms with Gasteiger partial charge in [0, 0.05) is 15.1 Å². The van der Waals surface area contributed by atoms with E-state index in [4.69, 9.17) is 0 Å². The van der Waals surface area contributed by atoms with Crippen LogP contribution in [0.3, 0.4) is 0 Å². The fraction of sp³-hybridized carbons (Fsp3) is 0.778. The third kappa shape index (κ3) is 4.34. The van der Waals surface area contributed by atoms with Crippen LogP contribution in [0.4, 0.5) is 0 Å². The highest BCUT2D eigenvalue weighted by molar-refractivity contribution is 9.09. The van der Waals surface area contributed by atoms with Crippen LogP contribution in [0.5, 0.6) is 0 Å². The van der Waals surface area contributed by atoms with E-state index in [0.29, 0.717) is 5.41 Å². The first-order valence-electron chi connectivity index (χ1n) is 8.35. The Morgan fingerprint density at radius 1 is 1.20 bits per heavy atom. The van der Waals surface area contributed by atoms with E-state index in [0.717, 1.165) is 5.92 Å². The Bertz CT molecular complexity index is 388. The third-order valence-corrected chi connectivity index (χ3v) is 7.45. The van der Waals surface area contributed by atoms with Crippen LogP contribution in [0.2, 0.25) is 0 Å². The zero-order valence-corrected chi connectivity index (χ0v) is 15.5. The van der Waals surface area contributed by atoms with Gasteiger partial charge in [-0.15, -0.1) is 11.3 Å². The van der Waals surface area contributed by atoms with Gasteiger partial charge in [0.1, 0.15) is 0 Å². The molecule has 0 aromatic carbocycles. The molecule has 0 atom stereocenters. The summed E-state index contributed by atoms with van der Waals surface area (Å²) in [6, 6.07) is 4.70. The Labute approximate surface area is 137 Å². The minimum atomic E-state index is 0.540. The minimum absolute atomic E-state index is 0.540. The molecule has 0 aliphatic heterocycles. The standard InChI is InChI=1S/C18H29BrS/c1-3-5-6-15-9-11-18(14-19,12-10-15)13-17-8-7-16(4-2)20-17/h7-8,15H,3-6,9-14H2,1-2H3. The van der Waals surface area contributed by atoms with Gasteiger partial charge in [-0.05, 0) is 62.0 Å². The van der Waals surface area contributed by atoms with Crippen molar-refractivity contribution in [2.45, 2.75) is 71.6 Å². The van der Waals surface area contributed by atoms with Crippen LogP contribution in [0.25, 0.3) is 0 Å². The molecule has 2 rings (SSSR count). The topological polar surface area (TPSA) is 0 Å². The van der Waals surface area contributed by atoms with Gasteiger partial charge in [0.2, 0.25) is 0 Å². The van der Waals surface area contributed by atoms with E-state index in [1.165, 1.54) is 63.1 Å². The predicted octanol–water partition coefficient (Wildman–Crippen LogP) is 6.61. The third-order valence-electron chi connectivity index (χ3n) is 5.03. The van der Waals surface area contributed by atoms with Gasteiger partial charge in [-0.1, -0.05) is 49.0 Å². The maximum absolute atomic E-state index is 3.83. The minimum Gasteiger partial charge on any atom is -0.145 e. The zero-order valence-electron chi connectivity index (χ0n) is 13.1. The van der Waals surface area contributed by atoms with Crippen molar-refractivity contribution in [3.05, 3.63) is 21.9 Å². The molecule has 1 aliphatic carbocycles. The number of hydrogen-bond acceptors (Lipinski definition) is 1. The lowest BCUT2D eigenvalue weighted by Gasteiger charge is -2.39. The first-order chi connectivity index (χ1) is 9.71. The van der Waals surface area contributed by atoms with Crippen molar-refractivity contribution in [2.75, 3.05) is 5.33 Å². The molecule has 1 fully saturated rings. The second kappa shape index (κ2) is 7.98. The molecule has 0 bridgehead atoms. The summed E-state index contributed by atoms with van der Waals surface area (Å²) in [6.45, 7) is 4.57. The van der Waals surface area contributed by atoms with Gasteiger partial charge in [-0.3, -0.25) is 0 Å². The molecule has 0 amide bonds. The van der Waals surface area contributed by atoms with Crippen LogP contribution in [0.1, 0.15) is 68.5 Å². The Balaban J connectivity index is 1.91. The summed E-state index contributed by atoms with van der Waals surface area (Å²) in [7, 11) is 0. The van der Waals surface area contributed by atoms with Gasteiger partial charge in [0.25, 0.3) is 0 Å². The smallest absolute Gasteiger partial charge is 0.00914 e. The Kier molecular flexibility index (Phi) is 6.61. The van der Waals surface area contributed by atoms with Crippen molar-refractivity contribution < 1.29 is 0 Å². The highest BCUT2D eigenvalue weighted by Gasteiger charge is 2.34. The summed E-state index contributed by atoms with van der Waals surface area (Å²) >= 11 is 5.86. The monoisotopic (exact) mass is 356 g/mol. The van der Waals surface area contributed by atoms with Gasteiger partial charge in [0.15, 0.2) is 0 Å². The molecule has 0 spiro atoms. The summed E-state index contributed by atoms with van der Waals surface area (Å²) < 4.78 is 0.